The number of carbonyl (C=O) groups excluding carboxylic acids is 2. The summed E-state index contributed by atoms with van der Waals surface area (Å²) in [5, 5.41) is 4.03. The molecule has 0 heterocycles. The van der Waals surface area contributed by atoms with Crippen LogP contribution in [-0.2, 0) is 26.2 Å². The molecule has 0 aliphatic carbocycles. The molecule has 0 radical (unpaired) electrons. The first-order valence-electron chi connectivity index (χ1n) is 12.6. The van der Waals surface area contributed by atoms with Gasteiger partial charge in [0.05, 0.1) is 24.1 Å². The molecule has 1 atom stereocenters. The highest BCUT2D eigenvalue weighted by atomic mass is 35.5. The highest BCUT2D eigenvalue weighted by Crippen LogP contribution is 2.30. The van der Waals surface area contributed by atoms with E-state index in [1.165, 1.54) is 22.4 Å². The maximum absolute atomic E-state index is 13.5. The van der Waals surface area contributed by atoms with Crippen LogP contribution in [0.3, 0.4) is 0 Å². The van der Waals surface area contributed by atoms with Crippen LogP contribution in [0.4, 0.5) is 5.69 Å². The van der Waals surface area contributed by atoms with E-state index in [9.17, 15) is 18.0 Å². The lowest BCUT2D eigenvalue weighted by Gasteiger charge is -2.31. The zero-order valence-corrected chi connectivity index (χ0v) is 25.9. The molecule has 1 unspecified atom stereocenters. The van der Waals surface area contributed by atoms with Crippen LogP contribution >= 0.6 is 34.8 Å². The molecule has 2 aromatic carbocycles. The lowest BCUT2D eigenvalue weighted by atomic mass is 10.1. The highest BCUT2D eigenvalue weighted by molar-refractivity contribution is 7.92. The molecule has 12 heteroatoms. The molecule has 2 aromatic rings. The Morgan fingerprint density at radius 2 is 1.74 bits per heavy atom. The number of carbonyl (C=O) groups is 2. The number of amides is 2. The van der Waals surface area contributed by atoms with E-state index in [2.05, 4.69) is 5.32 Å². The van der Waals surface area contributed by atoms with E-state index in [1.54, 1.807) is 30.3 Å². The number of halogens is 3. The summed E-state index contributed by atoms with van der Waals surface area (Å²) < 4.78 is 31.5. The Hall–Kier alpha value is -2.20. The predicted molar refractivity (Wildman–Crippen MR) is 158 cm³/mol. The van der Waals surface area contributed by atoms with E-state index < -0.39 is 16.1 Å². The average Bonchev–Trinajstić information content (AvgIpc) is 2.85. The lowest BCUT2D eigenvalue weighted by molar-refractivity contribution is -0.141. The maximum atomic E-state index is 13.5. The number of nitrogens with one attached hydrogen (secondary N) is 1. The molecular weight excluding hydrogens is 585 g/mol. The van der Waals surface area contributed by atoms with Crippen LogP contribution in [-0.4, -0.2) is 57.6 Å². The smallest absolute Gasteiger partial charge is 0.242 e. The van der Waals surface area contributed by atoms with Crippen LogP contribution in [0.15, 0.2) is 36.4 Å². The molecule has 0 aliphatic rings. The van der Waals surface area contributed by atoms with Crippen molar-refractivity contribution in [1.82, 2.24) is 10.2 Å². The number of anilines is 1. The Balaban J connectivity index is 2.27. The number of sulfonamides is 1. The molecule has 0 aliphatic heterocycles. The lowest BCUT2D eigenvalue weighted by Crippen LogP contribution is -2.49. The fraction of sp³-hybridized carbons (Fsp3) is 0.481. The molecule has 0 fully saturated rings. The number of hydrogen-bond donors (Lipinski definition) is 1. The molecule has 39 heavy (non-hydrogen) atoms. The third-order valence-corrected chi connectivity index (χ3v) is 8.08. The van der Waals surface area contributed by atoms with Crippen molar-refractivity contribution in [2.45, 2.75) is 52.6 Å². The van der Waals surface area contributed by atoms with Crippen molar-refractivity contribution >= 4 is 62.3 Å². The van der Waals surface area contributed by atoms with Crippen LogP contribution in [0.2, 0.25) is 15.1 Å². The minimum absolute atomic E-state index is 0.00900. The van der Waals surface area contributed by atoms with Gasteiger partial charge in [0.2, 0.25) is 21.8 Å². The molecule has 0 saturated heterocycles. The molecule has 0 spiro atoms. The fourth-order valence-electron chi connectivity index (χ4n) is 3.99. The predicted octanol–water partition coefficient (Wildman–Crippen LogP) is 5.78. The Bertz CT molecular complexity index is 1260. The van der Waals surface area contributed by atoms with Gasteiger partial charge in [0.15, 0.2) is 0 Å². The molecule has 2 rings (SSSR count). The van der Waals surface area contributed by atoms with Crippen molar-refractivity contribution in [3.05, 3.63) is 57.0 Å². The standard InChI is InChI=1S/C27H36Cl3N3O5S/c1-6-24(27(35)31-16-18(2)3)32(17-19-9-10-20(28)14-22(19)29)26(34)8-7-13-33(39(5,36)37)21-11-12-25(38-4)23(30)15-21/h9-12,14-15,18,24H,6-8,13,16-17H2,1-5H3,(H,31,35). The first kappa shape index (κ1) is 33.0. The fourth-order valence-corrected chi connectivity index (χ4v) is 5.67. The third kappa shape index (κ3) is 9.74. The van der Waals surface area contributed by atoms with E-state index in [-0.39, 0.29) is 48.7 Å². The van der Waals surface area contributed by atoms with Gasteiger partial charge in [0.25, 0.3) is 0 Å². The summed E-state index contributed by atoms with van der Waals surface area (Å²) in [5.41, 5.74) is 1.01. The number of rotatable bonds is 14. The first-order chi connectivity index (χ1) is 18.3. The Labute approximate surface area is 246 Å². The Kier molecular flexibility index (Phi) is 12.7. The topological polar surface area (TPSA) is 96.0 Å². The summed E-state index contributed by atoms with van der Waals surface area (Å²) in [5.74, 6) is 0.112. The van der Waals surface area contributed by atoms with Crippen molar-refractivity contribution in [2.75, 3.05) is 30.8 Å². The summed E-state index contributed by atoms with van der Waals surface area (Å²) in [6.45, 7) is 6.43. The quantitative estimate of drug-likeness (QED) is 0.289. The van der Waals surface area contributed by atoms with Crippen molar-refractivity contribution < 1.29 is 22.7 Å². The van der Waals surface area contributed by atoms with Crippen molar-refractivity contribution in [1.29, 1.82) is 0 Å². The van der Waals surface area contributed by atoms with Gasteiger partial charge in [-0.25, -0.2) is 8.42 Å². The number of benzene rings is 2. The number of methoxy groups -OCH3 is 1. The van der Waals surface area contributed by atoms with E-state index in [0.717, 1.165) is 6.26 Å². The second-order valence-electron chi connectivity index (χ2n) is 9.58. The second kappa shape index (κ2) is 15.0. The molecule has 216 valence electrons. The van der Waals surface area contributed by atoms with Gasteiger partial charge in [-0.05, 0) is 54.7 Å². The van der Waals surface area contributed by atoms with Crippen LogP contribution in [0, 0.1) is 5.92 Å². The summed E-state index contributed by atoms with van der Waals surface area (Å²) in [6.07, 6.45) is 1.70. The van der Waals surface area contributed by atoms with Crippen LogP contribution in [0.5, 0.6) is 5.75 Å². The Morgan fingerprint density at radius 1 is 1.05 bits per heavy atom. The van der Waals surface area contributed by atoms with Gasteiger partial charge < -0.3 is 15.0 Å². The van der Waals surface area contributed by atoms with Crippen LogP contribution < -0.4 is 14.4 Å². The molecule has 0 saturated carbocycles. The van der Waals surface area contributed by atoms with Crippen LogP contribution in [0.25, 0.3) is 0 Å². The van der Waals surface area contributed by atoms with Gasteiger partial charge >= 0.3 is 0 Å². The minimum atomic E-state index is -3.67. The van der Waals surface area contributed by atoms with Gasteiger partial charge in [-0.3, -0.25) is 13.9 Å². The number of ether oxygens (including phenoxy) is 1. The first-order valence-corrected chi connectivity index (χ1v) is 15.6. The van der Waals surface area contributed by atoms with Crippen molar-refractivity contribution in [2.24, 2.45) is 5.92 Å². The molecule has 1 N–H and O–H groups in total. The van der Waals surface area contributed by atoms with Gasteiger partial charge in [0.1, 0.15) is 11.8 Å². The maximum Gasteiger partial charge on any atom is 0.242 e. The zero-order valence-electron chi connectivity index (χ0n) is 22.8. The van der Waals surface area contributed by atoms with Gasteiger partial charge in [0, 0.05) is 36.1 Å². The van der Waals surface area contributed by atoms with E-state index in [4.69, 9.17) is 39.5 Å². The highest BCUT2D eigenvalue weighted by Gasteiger charge is 2.29. The SMILES string of the molecule is CCC(C(=O)NCC(C)C)N(Cc1ccc(Cl)cc1Cl)C(=O)CCCN(c1ccc(OC)c(Cl)c1)S(C)(=O)=O. The summed E-state index contributed by atoms with van der Waals surface area (Å²) in [6, 6.07) is 8.94. The Morgan fingerprint density at radius 3 is 2.28 bits per heavy atom. The molecule has 0 bridgehead atoms. The molecule has 2 amide bonds. The third-order valence-electron chi connectivity index (χ3n) is 6.00. The van der Waals surface area contributed by atoms with E-state index >= 15 is 0 Å². The summed E-state index contributed by atoms with van der Waals surface area (Å²) in [4.78, 5) is 28.1. The largest absolute Gasteiger partial charge is 0.495 e. The van der Waals surface area contributed by atoms with Crippen molar-refractivity contribution in [3.63, 3.8) is 0 Å². The van der Waals surface area contributed by atoms with E-state index in [1.807, 2.05) is 20.8 Å². The monoisotopic (exact) mass is 619 g/mol. The van der Waals surface area contributed by atoms with E-state index in [0.29, 0.717) is 40.0 Å². The summed E-state index contributed by atoms with van der Waals surface area (Å²) in [7, 11) is -2.20. The number of nitrogens with zero attached hydrogens (tertiary/aromatic N) is 2. The summed E-state index contributed by atoms with van der Waals surface area (Å²) >= 11 is 18.6. The normalized spacial score (nSPS) is 12.2. The van der Waals surface area contributed by atoms with Gasteiger partial charge in [-0.1, -0.05) is 61.6 Å². The minimum Gasteiger partial charge on any atom is -0.495 e. The molecular formula is C27H36Cl3N3O5S. The van der Waals surface area contributed by atoms with Crippen LogP contribution in [0.1, 0.15) is 45.6 Å². The number of hydrogen-bond acceptors (Lipinski definition) is 5. The second-order valence-corrected chi connectivity index (χ2v) is 12.7. The average molecular weight is 621 g/mol. The van der Waals surface area contributed by atoms with Gasteiger partial charge in [-0.2, -0.15) is 0 Å². The van der Waals surface area contributed by atoms with Crippen molar-refractivity contribution in [3.8, 4) is 5.75 Å². The molecule has 8 nitrogen and oxygen atoms in total. The zero-order chi connectivity index (χ0) is 29.3. The molecule has 0 aromatic heterocycles. The van der Waals surface area contributed by atoms with Gasteiger partial charge in [-0.15, -0.1) is 0 Å².